The van der Waals surface area contributed by atoms with Crippen LogP contribution in [0.25, 0.3) is 0 Å². The van der Waals surface area contributed by atoms with E-state index in [-0.39, 0.29) is 0 Å². The maximum Gasteiger partial charge on any atom is 0.0414 e. The topological polar surface area (TPSA) is 0 Å². The summed E-state index contributed by atoms with van der Waals surface area (Å²) in [4.78, 5) is 0. The monoisotopic (exact) mass is 85.0 g/mol. The van der Waals surface area contributed by atoms with E-state index in [2.05, 4.69) is 13.0 Å². The third kappa shape index (κ3) is 3.96. The van der Waals surface area contributed by atoms with Crippen LogP contribution in [0.1, 0.15) is 13.8 Å². The van der Waals surface area contributed by atoms with E-state index < -0.39 is 0 Å². The zero-order valence-electron chi connectivity index (χ0n) is 3.78. The minimum atomic E-state index is 1.41. The van der Waals surface area contributed by atoms with Gasteiger partial charge in [0, 0.05) is 10.2 Å². The second kappa shape index (κ2) is 2.21. The molecule has 0 aliphatic carbocycles. The summed E-state index contributed by atoms with van der Waals surface area (Å²) in [6.45, 7) is 4.14. The summed E-state index contributed by atoms with van der Waals surface area (Å²) in [5.74, 6) is 0. The summed E-state index contributed by atoms with van der Waals surface area (Å²) in [7, 11) is 1.91. The van der Waals surface area contributed by atoms with E-state index in [0.29, 0.717) is 0 Å². The van der Waals surface area contributed by atoms with E-state index in [1.165, 1.54) is 5.20 Å². The van der Waals surface area contributed by atoms with Gasteiger partial charge in [0.05, 0.1) is 0 Å². The lowest BCUT2D eigenvalue weighted by Crippen LogP contribution is -1.62. The molecular weight excluding hydrogens is 76.1 g/mol. The van der Waals surface area contributed by atoms with Crippen molar-refractivity contribution in [2.45, 2.75) is 13.8 Å². The van der Waals surface area contributed by atoms with Crippen LogP contribution in [0.15, 0.2) is 11.3 Å². The van der Waals surface area contributed by atoms with Crippen LogP contribution in [-0.2, 0) is 0 Å². The van der Waals surface area contributed by atoms with E-state index in [9.17, 15) is 0 Å². The van der Waals surface area contributed by atoms with Gasteiger partial charge in [0.25, 0.3) is 0 Å². The van der Waals surface area contributed by atoms with Crippen molar-refractivity contribution in [2.75, 3.05) is 0 Å². The molecule has 0 rings (SSSR count). The quantitative estimate of drug-likeness (QED) is 0.377. The van der Waals surface area contributed by atoms with E-state index in [1.54, 1.807) is 0 Å². The summed E-state index contributed by atoms with van der Waals surface area (Å²) in [6, 6.07) is 0. The van der Waals surface area contributed by atoms with Crippen molar-refractivity contribution in [1.29, 1.82) is 0 Å². The fourth-order valence-electron chi connectivity index (χ4n) is 0. The van der Waals surface area contributed by atoms with Crippen LogP contribution in [0.2, 0.25) is 0 Å². The smallest absolute Gasteiger partial charge is 0.0414 e. The molecule has 0 aliphatic rings. The molecule has 29 valence electrons. The van der Waals surface area contributed by atoms with Gasteiger partial charge in [-0.05, 0) is 13.8 Å². The van der Waals surface area contributed by atoms with E-state index in [1.807, 2.05) is 17.2 Å². The molecule has 0 unspecified atom stereocenters. The van der Waals surface area contributed by atoms with E-state index >= 15 is 0 Å². The van der Waals surface area contributed by atoms with Crippen molar-refractivity contribution >= 4 is 10.2 Å². The molecule has 0 N–H and O–H groups in total. The largest absolute Gasteiger partial charge is 0.0979 e. The first-order chi connectivity index (χ1) is 2.27. The highest BCUT2D eigenvalue weighted by atomic mass is 28.1. The van der Waals surface area contributed by atoms with Gasteiger partial charge in [-0.1, -0.05) is 11.3 Å². The molecule has 0 fully saturated rings. The lowest BCUT2D eigenvalue weighted by atomic mass is 10.6. The predicted molar refractivity (Wildman–Crippen MR) is 28.0 cm³/mol. The number of hydrogen-bond donors (Lipinski definition) is 0. The molecule has 5 heavy (non-hydrogen) atoms. The average molecular weight is 85.2 g/mol. The van der Waals surface area contributed by atoms with Crippen LogP contribution in [0.3, 0.4) is 0 Å². The standard InChI is InChI=1S/C4H9Si/c1-3-4(2)5/h3H,5H2,1-2H3/b4-3+. The highest BCUT2D eigenvalue weighted by Crippen LogP contribution is 1.76. The van der Waals surface area contributed by atoms with Gasteiger partial charge < -0.3 is 0 Å². The van der Waals surface area contributed by atoms with Crippen molar-refractivity contribution in [2.24, 2.45) is 0 Å². The SMILES string of the molecule is C/C=C(\C)[SiH2]. The van der Waals surface area contributed by atoms with Gasteiger partial charge in [-0.15, -0.1) is 0 Å². The van der Waals surface area contributed by atoms with Crippen LogP contribution in [-0.4, -0.2) is 10.2 Å². The number of rotatable bonds is 0. The Bertz CT molecular complexity index is 41.6. The van der Waals surface area contributed by atoms with Gasteiger partial charge in [0.15, 0.2) is 0 Å². The Labute approximate surface area is 36.3 Å². The molecule has 0 spiro atoms. The molecule has 0 atom stereocenters. The predicted octanol–water partition coefficient (Wildman–Crippen LogP) is 0.543. The van der Waals surface area contributed by atoms with Gasteiger partial charge in [0.1, 0.15) is 0 Å². The highest BCUT2D eigenvalue weighted by molar-refractivity contribution is 6.21. The third-order valence-electron chi connectivity index (χ3n) is 0.493. The fraction of sp³-hybridized carbons (Fsp3) is 0.500. The zero-order chi connectivity index (χ0) is 4.28. The molecule has 0 bridgehead atoms. The summed E-state index contributed by atoms with van der Waals surface area (Å²) < 4.78 is 0. The molecule has 0 amide bonds. The number of hydrogen-bond acceptors (Lipinski definition) is 0. The van der Waals surface area contributed by atoms with Crippen molar-refractivity contribution in [3.63, 3.8) is 0 Å². The number of allylic oxidation sites excluding steroid dienone is 2. The first-order valence-electron chi connectivity index (χ1n) is 1.72. The molecular formula is C4H9Si. The van der Waals surface area contributed by atoms with Crippen LogP contribution in [0.5, 0.6) is 0 Å². The van der Waals surface area contributed by atoms with Gasteiger partial charge in [0.2, 0.25) is 0 Å². The minimum Gasteiger partial charge on any atom is -0.0979 e. The maximum atomic E-state index is 2.10. The summed E-state index contributed by atoms with van der Waals surface area (Å²) in [5, 5.41) is 1.41. The lowest BCUT2D eigenvalue weighted by molar-refractivity contribution is 1.59. The highest BCUT2D eigenvalue weighted by Gasteiger charge is 1.61. The molecule has 0 saturated heterocycles. The second-order valence-electron chi connectivity index (χ2n) is 1.14. The van der Waals surface area contributed by atoms with Crippen LogP contribution in [0, 0.1) is 0 Å². The molecule has 0 aliphatic heterocycles. The Hall–Kier alpha value is -0.0431. The van der Waals surface area contributed by atoms with Crippen molar-refractivity contribution in [3.8, 4) is 0 Å². The molecule has 0 aromatic carbocycles. The van der Waals surface area contributed by atoms with Crippen LogP contribution >= 0.6 is 0 Å². The maximum absolute atomic E-state index is 2.10. The Morgan fingerprint density at radius 2 is 2.00 bits per heavy atom. The first kappa shape index (κ1) is 4.96. The van der Waals surface area contributed by atoms with Crippen molar-refractivity contribution in [1.82, 2.24) is 0 Å². The molecule has 0 saturated carbocycles. The Balaban J connectivity index is 3.14. The van der Waals surface area contributed by atoms with Crippen LogP contribution < -0.4 is 0 Å². The van der Waals surface area contributed by atoms with E-state index in [0.717, 1.165) is 0 Å². The molecule has 1 radical (unpaired) electrons. The van der Waals surface area contributed by atoms with Gasteiger partial charge in [-0.3, -0.25) is 0 Å². The summed E-state index contributed by atoms with van der Waals surface area (Å²) in [6.07, 6.45) is 2.10. The van der Waals surface area contributed by atoms with Crippen LogP contribution in [0.4, 0.5) is 0 Å². The summed E-state index contributed by atoms with van der Waals surface area (Å²) >= 11 is 0. The van der Waals surface area contributed by atoms with E-state index in [4.69, 9.17) is 0 Å². The third-order valence-corrected chi connectivity index (χ3v) is 0.901. The molecule has 0 nitrogen and oxygen atoms in total. The Morgan fingerprint density at radius 1 is 1.80 bits per heavy atom. The normalized spacial score (nSPS) is 12.2. The van der Waals surface area contributed by atoms with Crippen molar-refractivity contribution in [3.05, 3.63) is 11.3 Å². The summed E-state index contributed by atoms with van der Waals surface area (Å²) in [5.41, 5.74) is 0. The lowest BCUT2D eigenvalue weighted by Gasteiger charge is -1.73. The van der Waals surface area contributed by atoms with Gasteiger partial charge in [-0.2, -0.15) is 0 Å². The molecule has 0 aromatic heterocycles. The van der Waals surface area contributed by atoms with Crippen molar-refractivity contribution < 1.29 is 0 Å². The molecule has 0 aromatic rings. The van der Waals surface area contributed by atoms with Gasteiger partial charge in [-0.25, -0.2) is 0 Å². The minimum absolute atomic E-state index is 1.41. The fourth-order valence-corrected chi connectivity index (χ4v) is 0. The Kier molecular flexibility index (Phi) is 2.19. The average Bonchev–Trinajstić information content (AvgIpc) is 1.38. The Morgan fingerprint density at radius 3 is 2.00 bits per heavy atom. The van der Waals surface area contributed by atoms with Gasteiger partial charge >= 0.3 is 0 Å². The molecule has 1 heteroatoms. The zero-order valence-corrected chi connectivity index (χ0v) is 5.20. The molecule has 0 heterocycles. The second-order valence-corrected chi connectivity index (χ2v) is 2.25. The first-order valence-corrected chi connectivity index (χ1v) is 2.43.